The van der Waals surface area contributed by atoms with Crippen LogP contribution in [0.25, 0.3) is 0 Å². The van der Waals surface area contributed by atoms with E-state index in [1.54, 1.807) is 0 Å². The van der Waals surface area contributed by atoms with E-state index in [4.69, 9.17) is 19.2 Å². The van der Waals surface area contributed by atoms with Gasteiger partial charge in [-0.2, -0.15) is 0 Å². The van der Waals surface area contributed by atoms with Crippen molar-refractivity contribution in [3.8, 4) is 0 Å². The zero-order chi connectivity index (χ0) is 28.4. The predicted molar refractivity (Wildman–Crippen MR) is 153 cm³/mol. The molecule has 2 fully saturated rings. The van der Waals surface area contributed by atoms with Crippen molar-refractivity contribution >= 4 is 5.97 Å². The molecular weight excluding hydrogens is 502 g/mol. The molecule has 6 heteroatoms. The highest BCUT2D eigenvalue weighted by Crippen LogP contribution is 2.61. The lowest BCUT2D eigenvalue weighted by molar-refractivity contribution is -0.156. The zero-order valence-electron chi connectivity index (χ0n) is 25.0. The van der Waals surface area contributed by atoms with Crippen LogP contribution in [0, 0.1) is 5.41 Å². The second-order valence-electron chi connectivity index (χ2n) is 14.2. The fourth-order valence-corrected chi connectivity index (χ4v) is 7.74. The van der Waals surface area contributed by atoms with Gasteiger partial charge >= 0.3 is 5.97 Å². The number of rotatable bonds is 3. The van der Waals surface area contributed by atoms with Gasteiger partial charge in [0.2, 0.25) is 0 Å². The monoisotopic (exact) mass is 547 g/mol. The number of aromatic nitrogens is 1. The first-order valence-corrected chi connectivity index (χ1v) is 15.2. The van der Waals surface area contributed by atoms with Crippen molar-refractivity contribution in [3.05, 3.63) is 63.5 Å². The van der Waals surface area contributed by atoms with E-state index in [-0.39, 0.29) is 23.4 Å². The number of ether oxygens (including phenoxy) is 3. The van der Waals surface area contributed by atoms with Gasteiger partial charge in [0.25, 0.3) is 0 Å². The molecule has 216 valence electrons. The molecule has 0 bridgehead atoms. The molecule has 1 aromatic carbocycles. The number of hydrogen-bond donors (Lipinski definition) is 1. The second kappa shape index (κ2) is 9.92. The Morgan fingerprint density at radius 1 is 1.02 bits per heavy atom. The molecule has 3 atom stereocenters. The van der Waals surface area contributed by atoms with Gasteiger partial charge in [0.05, 0.1) is 23.1 Å². The van der Waals surface area contributed by atoms with Crippen LogP contribution in [-0.2, 0) is 30.0 Å². The summed E-state index contributed by atoms with van der Waals surface area (Å²) in [5, 5.41) is 11.8. The first-order valence-electron chi connectivity index (χ1n) is 15.2. The minimum absolute atomic E-state index is 0.0656. The number of pyridine rings is 1. The van der Waals surface area contributed by atoms with Crippen molar-refractivity contribution < 1.29 is 24.1 Å². The smallest absolute Gasteiger partial charge is 0.303 e. The highest BCUT2D eigenvalue weighted by molar-refractivity contribution is 5.67. The third-order valence-corrected chi connectivity index (χ3v) is 9.79. The Bertz CT molecular complexity index is 1280. The molecule has 3 heterocycles. The Morgan fingerprint density at radius 3 is 2.27 bits per heavy atom. The number of esters is 1. The molecule has 1 N–H and O–H groups in total. The van der Waals surface area contributed by atoms with Gasteiger partial charge in [0.1, 0.15) is 12.2 Å². The van der Waals surface area contributed by atoms with E-state index in [2.05, 4.69) is 58.9 Å². The predicted octanol–water partition coefficient (Wildman–Crippen LogP) is 7.23. The molecule has 1 saturated heterocycles. The van der Waals surface area contributed by atoms with Gasteiger partial charge in [-0.1, -0.05) is 71.7 Å². The van der Waals surface area contributed by atoms with Gasteiger partial charge in [-0.15, -0.1) is 0 Å². The maximum absolute atomic E-state index is 12.3. The minimum Gasteiger partial charge on any atom is -0.455 e. The first-order chi connectivity index (χ1) is 18.9. The van der Waals surface area contributed by atoms with Crippen LogP contribution < -0.4 is 0 Å². The molecule has 2 aliphatic carbocycles. The fraction of sp³-hybridized carbons (Fsp3) is 0.647. The third kappa shape index (κ3) is 4.60. The summed E-state index contributed by atoms with van der Waals surface area (Å²) in [7, 11) is 0. The van der Waals surface area contributed by atoms with Crippen LogP contribution in [0.3, 0.4) is 0 Å². The molecule has 1 unspecified atom stereocenters. The highest BCUT2D eigenvalue weighted by atomic mass is 16.5. The zero-order valence-corrected chi connectivity index (χ0v) is 25.0. The molecule has 2 aromatic rings. The van der Waals surface area contributed by atoms with Gasteiger partial charge in [-0.05, 0) is 54.2 Å². The minimum atomic E-state index is -0.690. The van der Waals surface area contributed by atoms with E-state index < -0.39 is 23.2 Å². The summed E-state index contributed by atoms with van der Waals surface area (Å²) in [6, 6.07) is 8.90. The number of carbonyl (C=O) groups is 1. The molecule has 40 heavy (non-hydrogen) atoms. The average Bonchev–Trinajstić information content (AvgIpc) is 3.51. The van der Waals surface area contributed by atoms with E-state index >= 15 is 0 Å². The Hall–Kier alpha value is -2.28. The van der Waals surface area contributed by atoms with Gasteiger partial charge in [0.15, 0.2) is 0 Å². The van der Waals surface area contributed by atoms with Crippen molar-refractivity contribution in [2.45, 2.75) is 122 Å². The number of benzene rings is 1. The van der Waals surface area contributed by atoms with E-state index in [0.717, 1.165) is 72.2 Å². The Kier molecular flexibility index (Phi) is 6.91. The van der Waals surface area contributed by atoms with Crippen molar-refractivity contribution in [1.82, 2.24) is 4.98 Å². The van der Waals surface area contributed by atoms with Crippen molar-refractivity contribution in [1.29, 1.82) is 0 Å². The molecule has 1 aromatic heterocycles. The van der Waals surface area contributed by atoms with Crippen molar-refractivity contribution in [2.24, 2.45) is 5.41 Å². The standard InChI is InChI=1S/C34H45NO5/c1-20(36)39-31-29-25(24(37)19-33(31,5)6)27-26(28(35-29)21-13-17-38-18-14-21)30(40-34(27)15-7-8-16-34)22-9-11-23(12-10-22)32(2,3)4/h9-12,21,24,30-31,37H,7-8,13-19H2,1-6H3/t24?,30-,31+/m1/s1. The molecule has 0 radical (unpaired) electrons. The lowest BCUT2D eigenvalue weighted by Gasteiger charge is -2.43. The summed E-state index contributed by atoms with van der Waals surface area (Å²) >= 11 is 0. The van der Waals surface area contributed by atoms with Crippen LogP contribution >= 0.6 is 0 Å². The average molecular weight is 548 g/mol. The highest BCUT2D eigenvalue weighted by Gasteiger charge is 2.55. The number of nitrogens with zero attached hydrogens (tertiary/aromatic N) is 1. The van der Waals surface area contributed by atoms with Crippen LogP contribution in [0.15, 0.2) is 24.3 Å². The molecule has 6 nitrogen and oxygen atoms in total. The molecule has 6 rings (SSSR count). The van der Waals surface area contributed by atoms with E-state index in [9.17, 15) is 9.90 Å². The summed E-state index contributed by atoms with van der Waals surface area (Å²) in [4.78, 5) is 17.7. The van der Waals surface area contributed by atoms with Gasteiger partial charge in [-0.25, -0.2) is 0 Å². The van der Waals surface area contributed by atoms with Crippen LogP contribution in [0.5, 0.6) is 0 Å². The fourth-order valence-electron chi connectivity index (χ4n) is 7.74. The Labute approximate surface area is 238 Å². The Morgan fingerprint density at radius 2 is 1.68 bits per heavy atom. The maximum atomic E-state index is 12.3. The lowest BCUT2D eigenvalue weighted by atomic mass is 9.68. The quantitative estimate of drug-likeness (QED) is 0.409. The Balaban J connectivity index is 1.61. The van der Waals surface area contributed by atoms with Gasteiger partial charge in [0, 0.05) is 42.6 Å². The lowest BCUT2D eigenvalue weighted by Crippen LogP contribution is -2.37. The summed E-state index contributed by atoms with van der Waals surface area (Å²) < 4.78 is 19.0. The summed E-state index contributed by atoms with van der Waals surface area (Å²) in [6.07, 6.45) is 4.87. The van der Waals surface area contributed by atoms with Gasteiger partial charge < -0.3 is 19.3 Å². The maximum Gasteiger partial charge on any atom is 0.303 e. The number of aliphatic hydroxyl groups is 1. The van der Waals surface area contributed by atoms with E-state index in [1.807, 2.05) is 0 Å². The van der Waals surface area contributed by atoms with Gasteiger partial charge in [-0.3, -0.25) is 9.78 Å². The summed E-state index contributed by atoms with van der Waals surface area (Å²) in [6.45, 7) is 13.7. The van der Waals surface area contributed by atoms with Crippen LogP contribution in [0.4, 0.5) is 0 Å². The largest absolute Gasteiger partial charge is 0.455 e. The molecule has 0 amide bonds. The van der Waals surface area contributed by atoms with Crippen LogP contribution in [-0.4, -0.2) is 29.3 Å². The van der Waals surface area contributed by atoms with E-state index in [0.29, 0.717) is 19.6 Å². The second-order valence-corrected chi connectivity index (χ2v) is 14.2. The number of aliphatic hydroxyl groups excluding tert-OH is 1. The van der Waals surface area contributed by atoms with Crippen LogP contribution in [0.2, 0.25) is 0 Å². The normalized spacial score (nSPS) is 27.4. The van der Waals surface area contributed by atoms with Crippen LogP contribution in [0.1, 0.15) is 150 Å². The molecule has 1 saturated carbocycles. The summed E-state index contributed by atoms with van der Waals surface area (Å²) in [5.41, 5.74) is 6.51. The number of carbonyl (C=O) groups excluding carboxylic acids is 1. The third-order valence-electron chi connectivity index (χ3n) is 9.79. The van der Waals surface area contributed by atoms with Crippen molar-refractivity contribution in [2.75, 3.05) is 13.2 Å². The van der Waals surface area contributed by atoms with Crippen molar-refractivity contribution in [3.63, 3.8) is 0 Å². The molecule has 1 spiro atoms. The molecule has 2 aliphatic heterocycles. The number of fused-ring (bicyclic) bond motifs is 4. The van der Waals surface area contributed by atoms with E-state index in [1.165, 1.54) is 12.5 Å². The summed E-state index contributed by atoms with van der Waals surface area (Å²) in [5.74, 6) is -0.0940. The molecule has 4 aliphatic rings. The first kappa shape index (κ1) is 27.9. The number of hydrogen-bond acceptors (Lipinski definition) is 6. The molecular formula is C34H45NO5. The SMILES string of the molecule is CC(=O)O[C@H]1c2nc(C3CCOCC3)c3c(c2C(O)CC1(C)C)C1(CCCC1)O[C@@H]3c1ccc(C(C)(C)C)cc1. The topological polar surface area (TPSA) is 77.9 Å².